The van der Waals surface area contributed by atoms with E-state index in [1.165, 1.54) is 12.1 Å². The highest BCUT2D eigenvalue weighted by atomic mass is 32.2. The van der Waals surface area contributed by atoms with Crippen LogP contribution < -0.4 is 10.5 Å². The molecule has 114 valence electrons. The van der Waals surface area contributed by atoms with Gasteiger partial charge in [-0.1, -0.05) is 11.8 Å². The zero-order chi connectivity index (χ0) is 15.3. The van der Waals surface area contributed by atoms with Crippen molar-refractivity contribution >= 4 is 21.8 Å². The molecule has 0 radical (unpaired) electrons. The minimum atomic E-state index is -3.83. The van der Waals surface area contributed by atoms with E-state index in [1.54, 1.807) is 11.8 Å². The largest absolute Gasteiger partial charge is 0.320 e. The highest BCUT2D eigenvalue weighted by molar-refractivity contribution is 7.99. The molecule has 0 spiro atoms. The summed E-state index contributed by atoms with van der Waals surface area (Å²) in [5.74, 6) is 6.32. The minimum Gasteiger partial charge on any atom is -0.320 e. The molecular weight excluding hydrogens is 311 g/mol. The molecule has 0 atom stereocenters. The lowest BCUT2D eigenvalue weighted by atomic mass is 10.2. The monoisotopic (exact) mass is 328 g/mol. The number of hydrogen-bond acceptors (Lipinski definition) is 4. The van der Waals surface area contributed by atoms with Gasteiger partial charge in [-0.3, -0.25) is 0 Å². The van der Waals surface area contributed by atoms with Crippen molar-refractivity contribution in [3.05, 3.63) is 29.6 Å². The maximum absolute atomic E-state index is 14.0. The number of halogens is 1. The van der Waals surface area contributed by atoms with Crippen molar-refractivity contribution in [3.8, 4) is 11.8 Å². The van der Waals surface area contributed by atoms with Gasteiger partial charge in [0.05, 0.1) is 6.54 Å². The summed E-state index contributed by atoms with van der Waals surface area (Å²) in [4.78, 5) is -0.334. The Morgan fingerprint density at radius 2 is 2.10 bits per heavy atom. The van der Waals surface area contributed by atoms with E-state index >= 15 is 0 Å². The molecule has 7 heteroatoms. The lowest BCUT2D eigenvalue weighted by molar-refractivity contribution is 0.519. The first-order chi connectivity index (χ1) is 10.0. The zero-order valence-electron chi connectivity index (χ0n) is 11.4. The van der Waals surface area contributed by atoms with E-state index in [0.29, 0.717) is 5.56 Å². The smallest absolute Gasteiger partial charge is 0.243 e. The molecule has 1 heterocycles. The van der Waals surface area contributed by atoms with Crippen molar-refractivity contribution in [3.63, 3.8) is 0 Å². The van der Waals surface area contributed by atoms with E-state index in [0.717, 1.165) is 30.4 Å². The summed E-state index contributed by atoms with van der Waals surface area (Å²) in [5.41, 5.74) is 5.65. The summed E-state index contributed by atoms with van der Waals surface area (Å²) < 4.78 is 41.0. The Hall–Kier alpha value is -1.07. The topological polar surface area (TPSA) is 72.2 Å². The van der Waals surface area contributed by atoms with Gasteiger partial charge in [0.15, 0.2) is 0 Å². The van der Waals surface area contributed by atoms with Crippen molar-refractivity contribution in [2.24, 2.45) is 5.73 Å². The Labute approximate surface area is 128 Å². The molecule has 21 heavy (non-hydrogen) atoms. The van der Waals surface area contributed by atoms with Gasteiger partial charge in [0.2, 0.25) is 10.0 Å². The van der Waals surface area contributed by atoms with Crippen LogP contribution in [0.1, 0.15) is 18.4 Å². The van der Waals surface area contributed by atoms with Gasteiger partial charge in [-0.15, -0.1) is 0 Å². The first-order valence-electron chi connectivity index (χ1n) is 6.61. The lowest BCUT2D eigenvalue weighted by Crippen LogP contribution is -2.37. The fraction of sp³-hybridized carbons (Fsp3) is 0.429. The SMILES string of the molecule is NCC#Cc1ccc(S(=O)(=O)NC2CCSCC2)c(F)c1. The Morgan fingerprint density at radius 1 is 1.38 bits per heavy atom. The lowest BCUT2D eigenvalue weighted by Gasteiger charge is -2.22. The Balaban J connectivity index is 2.19. The molecule has 0 unspecified atom stereocenters. The van der Waals surface area contributed by atoms with Crippen LogP contribution in [0.5, 0.6) is 0 Å². The summed E-state index contributed by atoms with van der Waals surface area (Å²) >= 11 is 1.80. The van der Waals surface area contributed by atoms with Gasteiger partial charge < -0.3 is 5.73 Å². The highest BCUT2D eigenvalue weighted by Gasteiger charge is 2.24. The molecule has 0 saturated carbocycles. The molecule has 1 aromatic rings. The maximum atomic E-state index is 14.0. The Kier molecular flexibility index (Phi) is 5.65. The number of thioether (sulfide) groups is 1. The van der Waals surface area contributed by atoms with E-state index in [2.05, 4.69) is 16.6 Å². The average Bonchev–Trinajstić information content (AvgIpc) is 2.45. The standard InChI is InChI=1S/C14H17FN2O2S2/c15-13-10-11(2-1-7-16)3-4-14(13)21(18,19)17-12-5-8-20-9-6-12/h3-4,10,12,17H,5-9,16H2. The molecule has 2 rings (SSSR count). The fourth-order valence-electron chi connectivity index (χ4n) is 2.05. The van der Waals surface area contributed by atoms with E-state index in [-0.39, 0.29) is 17.5 Å². The second kappa shape index (κ2) is 7.27. The van der Waals surface area contributed by atoms with Crippen LogP contribution in [0.25, 0.3) is 0 Å². The van der Waals surface area contributed by atoms with Crippen LogP contribution in [0, 0.1) is 17.7 Å². The summed E-state index contributed by atoms with van der Waals surface area (Å²) in [6.07, 6.45) is 1.54. The predicted molar refractivity (Wildman–Crippen MR) is 83.0 cm³/mol. The van der Waals surface area contributed by atoms with Crippen LogP contribution in [0.3, 0.4) is 0 Å². The molecular formula is C14H17FN2O2S2. The Morgan fingerprint density at radius 3 is 2.71 bits per heavy atom. The third-order valence-electron chi connectivity index (χ3n) is 3.10. The van der Waals surface area contributed by atoms with Crippen molar-refractivity contribution in [1.29, 1.82) is 0 Å². The number of nitrogens with two attached hydrogens (primary N) is 1. The molecule has 4 nitrogen and oxygen atoms in total. The van der Waals surface area contributed by atoms with Gasteiger partial charge in [-0.05, 0) is 42.5 Å². The second-order valence-electron chi connectivity index (χ2n) is 4.66. The first kappa shape index (κ1) is 16.3. The van der Waals surface area contributed by atoms with Gasteiger partial charge in [-0.25, -0.2) is 17.5 Å². The number of sulfonamides is 1. The molecule has 1 fully saturated rings. The number of hydrogen-bond donors (Lipinski definition) is 2. The average molecular weight is 328 g/mol. The van der Waals surface area contributed by atoms with Gasteiger partial charge in [0.1, 0.15) is 10.7 Å². The van der Waals surface area contributed by atoms with Crippen molar-refractivity contribution in [2.75, 3.05) is 18.1 Å². The minimum absolute atomic E-state index is 0.118. The van der Waals surface area contributed by atoms with Gasteiger partial charge in [0, 0.05) is 11.6 Å². The zero-order valence-corrected chi connectivity index (χ0v) is 13.1. The van der Waals surface area contributed by atoms with Crippen molar-refractivity contribution in [2.45, 2.75) is 23.8 Å². The normalized spacial score (nSPS) is 16.3. The van der Waals surface area contributed by atoms with Gasteiger partial charge in [-0.2, -0.15) is 11.8 Å². The van der Waals surface area contributed by atoms with Crippen LogP contribution in [0.4, 0.5) is 4.39 Å². The van der Waals surface area contributed by atoms with Gasteiger partial charge in [0.25, 0.3) is 0 Å². The van der Waals surface area contributed by atoms with E-state index in [1.807, 2.05) is 0 Å². The van der Waals surface area contributed by atoms with Crippen LogP contribution in [0.15, 0.2) is 23.1 Å². The molecule has 1 aliphatic rings. The molecule has 0 amide bonds. The van der Waals surface area contributed by atoms with Crippen LogP contribution >= 0.6 is 11.8 Å². The summed E-state index contributed by atoms with van der Waals surface area (Å²) in [6.45, 7) is 0.170. The van der Waals surface area contributed by atoms with E-state index < -0.39 is 15.8 Å². The summed E-state index contributed by atoms with van der Waals surface area (Å²) in [5, 5.41) is 0. The predicted octanol–water partition coefficient (Wildman–Crippen LogP) is 1.31. The van der Waals surface area contributed by atoms with Crippen LogP contribution in [-0.2, 0) is 10.0 Å². The van der Waals surface area contributed by atoms with Gasteiger partial charge >= 0.3 is 0 Å². The van der Waals surface area contributed by atoms with E-state index in [4.69, 9.17) is 5.73 Å². The molecule has 0 aromatic heterocycles. The molecule has 1 saturated heterocycles. The summed E-state index contributed by atoms with van der Waals surface area (Å²) in [6, 6.07) is 3.73. The quantitative estimate of drug-likeness (QED) is 0.821. The number of rotatable bonds is 3. The molecule has 3 N–H and O–H groups in total. The third-order valence-corrected chi connectivity index (χ3v) is 5.70. The third kappa shape index (κ3) is 4.45. The number of benzene rings is 1. The van der Waals surface area contributed by atoms with Crippen LogP contribution in [-0.4, -0.2) is 32.5 Å². The molecule has 1 aliphatic heterocycles. The van der Waals surface area contributed by atoms with Crippen molar-refractivity contribution < 1.29 is 12.8 Å². The van der Waals surface area contributed by atoms with E-state index in [9.17, 15) is 12.8 Å². The molecule has 1 aromatic carbocycles. The maximum Gasteiger partial charge on any atom is 0.243 e. The number of nitrogens with one attached hydrogen (secondary N) is 1. The molecule has 0 bridgehead atoms. The second-order valence-corrected chi connectivity index (χ2v) is 7.57. The highest BCUT2D eigenvalue weighted by Crippen LogP contribution is 2.21. The first-order valence-corrected chi connectivity index (χ1v) is 9.25. The summed E-state index contributed by atoms with van der Waals surface area (Å²) in [7, 11) is -3.83. The Bertz CT molecular complexity index is 659. The molecule has 0 aliphatic carbocycles. The van der Waals surface area contributed by atoms with Crippen LogP contribution in [0.2, 0.25) is 0 Å². The van der Waals surface area contributed by atoms with Crippen molar-refractivity contribution in [1.82, 2.24) is 4.72 Å². The fourth-order valence-corrected chi connectivity index (χ4v) is 4.52.